The van der Waals surface area contributed by atoms with Crippen molar-refractivity contribution in [1.29, 1.82) is 0 Å². The van der Waals surface area contributed by atoms with Crippen molar-refractivity contribution in [1.82, 2.24) is 25.1 Å². The number of carbonyl (C=O) groups excluding carboxylic acids is 1. The molecule has 0 aliphatic heterocycles. The molecule has 4 aromatic rings. The van der Waals surface area contributed by atoms with Crippen molar-refractivity contribution in [3.63, 3.8) is 0 Å². The van der Waals surface area contributed by atoms with E-state index in [9.17, 15) is 4.79 Å². The number of amides is 1. The first kappa shape index (κ1) is 20.9. The average molecular weight is 434 g/mol. The van der Waals surface area contributed by atoms with Crippen LogP contribution in [0.15, 0.2) is 65.7 Å². The van der Waals surface area contributed by atoms with Gasteiger partial charge in [-0.25, -0.2) is 0 Å². The van der Waals surface area contributed by atoms with Gasteiger partial charge in [-0.2, -0.15) is 9.61 Å². The van der Waals surface area contributed by atoms with Crippen molar-refractivity contribution >= 4 is 23.3 Å². The Morgan fingerprint density at radius 3 is 2.65 bits per heavy atom. The summed E-state index contributed by atoms with van der Waals surface area (Å²) in [7, 11) is 1.60. The van der Waals surface area contributed by atoms with E-state index in [4.69, 9.17) is 4.74 Å². The van der Waals surface area contributed by atoms with Crippen LogP contribution in [0.1, 0.15) is 27.3 Å². The van der Waals surface area contributed by atoms with Crippen LogP contribution in [0.25, 0.3) is 5.65 Å². The molecule has 2 heterocycles. The number of thioether (sulfide) groups is 1. The van der Waals surface area contributed by atoms with Crippen LogP contribution in [0, 0.1) is 6.92 Å². The second kappa shape index (κ2) is 9.61. The van der Waals surface area contributed by atoms with Crippen molar-refractivity contribution < 1.29 is 9.53 Å². The fourth-order valence-corrected chi connectivity index (χ4v) is 4.04. The van der Waals surface area contributed by atoms with Crippen molar-refractivity contribution in [3.05, 3.63) is 83.2 Å². The van der Waals surface area contributed by atoms with E-state index in [1.807, 2.05) is 18.2 Å². The minimum Gasteiger partial charge on any atom is -0.497 e. The quantitative estimate of drug-likeness (QED) is 0.427. The van der Waals surface area contributed by atoms with Gasteiger partial charge in [-0.05, 0) is 54.4 Å². The van der Waals surface area contributed by atoms with Crippen LogP contribution in [0.2, 0.25) is 0 Å². The Bertz CT molecular complexity index is 1190. The fourth-order valence-electron chi connectivity index (χ4n) is 3.11. The molecule has 0 atom stereocenters. The second-order valence-electron chi connectivity index (χ2n) is 7.01. The maximum absolute atomic E-state index is 12.3. The lowest BCUT2D eigenvalue weighted by Gasteiger charge is -2.07. The van der Waals surface area contributed by atoms with Gasteiger partial charge in [-0.1, -0.05) is 36.0 Å². The first-order valence-corrected chi connectivity index (χ1v) is 10.9. The van der Waals surface area contributed by atoms with E-state index in [1.165, 1.54) is 11.1 Å². The largest absolute Gasteiger partial charge is 0.497 e. The highest BCUT2D eigenvalue weighted by Crippen LogP contribution is 2.23. The Labute approximate surface area is 184 Å². The molecule has 0 fully saturated rings. The molecule has 0 unspecified atom stereocenters. The Balaban J connectivity index is 1.38. The summed E-state index contributed by atoms with van der Waals surface area (Å²) in [4.78, 5) is 12.3. The number of hydrogen-bond donors (Lipinski definition) is 1. The number of aryl methyl sites for hydroxylation is 1. The summed E-state index contributed by atoms with van der Waals surface area (Å²) >= 11 is 1.68. The van der Waals surface area contributed by atoms with Gasteiger partial charge >= 0.3 is 0 Å². The molecule has 0 spiro atoms. The number of carbonyl (C=O) groups is 1. The monoisotopic (exact) mass is 433 g/mol. The first-order valence-electron chi connectivity index (χ1n) is 9.95. The van der Waals surface area contributed by atoms with E-state index in [-0.39, 0.29) is 5.91 Å². The number of fused-ring (bicyclic) bond motifs is 1. The number of methoxy groups -OCH3 is 1. The topological polar surface area (TPSA) is 81.4 Å². The lowest BCUT2D eigenvalue weighted by atomic mass is 10.1. The van der Waals surface area contributed by atoms with Gasteiger partial charge in [0.25, 0.3) is 5.91 Å². The molecule has 8 heteroatoms. The summed E-state index contributed by atoms with van der Waals surface area (Å²) in [5.41, 5.74) is 3.84. The zero-order valence-corrected chi connectivity index (χ0v) is 18.2. The Hall–Kier alpha value is -3.39. The summed E-state index contributed by atoms with van der Waals surface area (Å²) in [6.07, 6.45) is 0.530. The molecule has 31 heavy (non-hydrogen) atoms. The van der Waals surface area contributed by atoms with E-state index in [1.54, 1.807) is 47.7 Å². The third-order valence-electron chi connectivity index (χ3n) is 4.93. The third-order valence-corrected chi connectivity index (χ3v) is 5.89. The van der Waals surface area contributed by atoms with E-state index >= 15 is 0 Å². The molecule has 7 nitrogen and oxygen atoms in total. The van der Waals surface area contributed by atoms with Gasteiger partial charge < -0.3 is 10.1 Å². The number of nitrogens with one attached hydrogen (secondary N) is 1. The van der Waals surface area contributed by atoms with Crippen molar-refractivity contribution in [3.8, 4) is 5.75 Å². The molecule has 0 aliphatic rings. The predicted molar refractivity (Wildman–Crippen MR) is 121 cm³/mol. The lowest BCUT2D eigenvalue weighted by Crippen LogP contribution is -2.26. The summed E-state index contributed by atoms with van der Waals surface area (Å²) in [6, 6.07) is 19.2. The zero-order valence-electron chi connectivity index (χ0n) is 17.4. The lowest BCUT2D eigenvalue weighted by molar-refractivity contribution is 0.0954. The number of nitrogens with zero attached hydrogens (tertiary/aromatic N) is 4. The van der Waals surface area contributed by atoms with Gasteiger partial charge in [0.05, 0.1) is 7.11 Å². The van der Waals surface area contributed by atoms with Crippen LogP contribution in [-0.4, -0.2) is 39.4 Å². The van der Waals surface area contributed by atoms with Crippen LogP contribution in [0.5, 0.6) is 5.75 Å². The van der Waals surface area contributed by atoms with Crippen molar-refractivity contribution in [2.75, 3.05) is 13.7 Å². The minimum absolute atomic E-state index is 0.140. The smallest absolute Gasteiger partial charge is 0.251 e. The van der Waals surface area contributed by atoms with Crippen LogP contribution in [-0.2, 0) is 12.2 Å². The molecule has 4 rings (SSSR count). The Morgan fingerprint density at radius 1 is 1.06 bits per heavy atom. The van der Waals surface area contributed by atoms with Gasteiger partial charge in [0.15, 0.2) is 11.5 Å². The normalized spacial score (nSPS) is 10.9. The molecule has 0 radical (unpaired) electrons. The van der Waals surface area contributed by atoms with E-state index in [0.29, 0.717) is 35.8 Å². The summed E-state index contributed by atoms with van der Waals surface area (Å²) in [6.45, 7) is 2.55. The standard InChI is InChI=1S/C23H23N5O2S/c1-16-5-3-4-6-18(16)15-31-22-12-11-20-25-26-21(28(20)27-22)13-14-24-23(29)17-7-9-19(30-2)10-8-17/h3-12H,13-15H2,1-2H3,(H,24,29). The molecule has 0 saturated carbocycles. The van der Waals surface area contributed by atoms with Crippen LogP contribution >= 0.6 is 11.8 Å². The highest BCUT2D eigenvalue weighted by molar-refractivity contribution is 7.98. The van der Waals surface area contributed by atoms with Crippen molar-refractivity contribution in [2.24, 2.45) is 0 Å². The van der Waals surface area contributed by atoms with Gasteiger partial charge in [0.2, 0.25) is 0 Å². The molecule has 1 amide bonds. The van der Waals surface area contributed by atoms with Crippen LogP contribution in [0.3, 0.4) is 0 Å². The highest BCUT2D eigenvalue weighted by atomic mass is 32.2. The van der Waals surface area contributed by atoms with E-state index < -0.39 is 0 Å². The molecule has 1 N–H and O–H groups in total. The van der Waals surface area contributed by atoms with Gasteiger partial charge in [0, 0.05) is 24.3 Å². The van der Waals surface area contributed by atoms with Crippen molar-refractivity contribution in [2.45, 2.75) is 24.1 Å². The third kappa shape index (κ3) is 5.03. The zero-order chi connectivity index (χ0) is 21.6. The minimum atomic E-state index is -0.140. The number of rotatable bonds is 8. The molecule has 158 valence electrons. The number of ether oxygens (including phenoxy) is 1. The number of hydrogen-bond acceptors (Lipinski definition) is 6. The maximum atomic E-state index is 12.3. The second-order valence-corrected chi connectivity index (χ2v) is 8.00. The SMILES string of the molecule is COc1ccc(C(=O)NCCc2nnc3ccc(SCc4ccccc4C)nn23)cc1. The molecule has 2 aromatic heterocycles. The van der Waals surface area contributed by atoms with Crippen LogP contribution in [0.4, 0.5) is 0 Å². The van der Waals surface area contributed by atoms with Gasteiger partial charge in [-0.15, -0.1) is 10.2 Å². The van der Waals surface area contributed by atoms with E-state index in [0.717, 1.165) is 10.8 Å². The first-order chi connectivity index (χ1) is 15.1. The summed E-state index contributed by atoms with van der Waals surface area (Å²) in [5, 5.41) is 16.9. The van der Waals surface area contributed by atoms with Crippen LogP contribution < -0.4 is 10.1 Å². The van der Waals surface area contributed by atoms with E-state index in [2.05, 4.69) is 45.7 Å². The summed E-state index contributed by atoms with van der Waals surface area (Å²) in [5.74, 6) is 2.14. The molecule has 2 aromatic carbocycles. The molecule has 0 saturated heterocycles. The van der Waals surface area contributed by atoms with Gasteiger partial charge in [0.1, 0.15) is 10.8 Å². The predicted octanol–water partition coefficient (Wildman–Crippen LogP) is 3.71. The summed E-state index contributed by atoms with van der Waals surface area (Å²) < 4.78 is 6.87. The maximum Gasteiger partial charge on any atom is 0.251 e. The van der Waals surface area contributed by atoms with Gasteiger partial charge in [-0.3, -0.25) is 4.79 Å². The molecular formula is C23H23N5O2S. The molecular weight excluding hydrogens is 410 g/mol. The highest BCUT2D eigenvalue weighted by Gasteiger charge is 2.10. The molecule has 0 aliphatic carbocycles. The number of benzene rings is 2. The fraction of sp³-hybridized carbons (Fsp3) is 0.217. The Kier molecular flexibility index (Phi) is 6.47. The average Bonchev–Trinajstić information content (AvgIpc) is 3.21. The Morgan fingerprint density at radius 2 is 1.87 bits per heavy atom. The molecule has 0 bridgehead atoms. The number of aromatic nitrogens is 4.